The first kappa shape index (κ1) is 12.6. The zero-order chi connectivity index (χ0) is 11.8. The molecule has 0 aliphatic carbocycles. The number of thioether (sulfide) groups is 1. The van der Waals surface area contributed by atoms with Crippen LogP contribution in [-0.4, -0.2) is 24.1 Å². The highest BCUT2D eigenvalue weighted by atomic mass is 32.2. The van der Waals surface area contributed by atoms with Crippen molar-refractivity contribution in [3.05, 3.63) is 30.3 Å². The summed E-state index contributed by atoms with van der Waals surface area (Å²) in [7, 11) is 0. The molecule has 1 rings (SSSR count). The molecule has 0 heterocycles. The number of rotatable bonds is 6. The quantitative estimate of drug-likeness (QED) is 0.719. The zero-order valence-corrected chi connectivity index (χ0v) is 9.63. The van der Waals surface area contributed by atoms with Gasteiger partial charge in [0, 0.05) is 17.1 Å². The average Bonchev–Trinajstić information content (AvgIpc) is 2.28. The standard InChI is InChI=1S/C11H14N2O2S/c12-10(14)8-13-11(15)6-7-16-9-4-2-1-3-5-9/h1-5H,6-8H2,(H2,12,14)(H,13,15). The lowest BCUT2D eigenvalue weighted by atomic mass is 10.4. The molecule has 2 amide bonds. The van der Waals surface area contributed by atoms with E-state index in [4.69, 9.17) is 5.73 Å². The van der Waals surface area contributed by atoms with Crippen molar-refractivity contribution in [1.82, 2.24) is 5.32 Å². The minimum atomic E-state index is -0.524. The van der Waals surface area contributed by atoms with E-state index in [0.717, 1.165) is 4.90 Å². The summed E-state index contributed by atoms with van der Waals surface area (Å²) < 4.78 is 0. The second kappa shape index (κ2) is 6.90. The first-order chi connectivity index (χ1) is 7.68. The number of hydrogen-bond acceptors (Lipinski definition) is 3. The molecule has 0 fully saturated rings. The number of nitrogens with two attached hydrogens (primary N) is 1. The number of carbonyl (C=O) groups excluding carboxylic acids is 2. The van der Waals surface area contributed by atoms with Crippen LogP contribution in [0.3, 0.4) is 0 Å². The van der Waals surface area contributed by atoms with Gasteiger partial charge in [-0.3, -0.25) is 9.59 Å². The fraction of sp³-hybridized carbons (Fsp3) is 0.273. The number of carbonyl (C=O) groups is 2. The van der Waals surface area contributed by atoms with Gasteiger partial charge in [-0.25, -0.2) is 0 Å². The van der Waals surface area contributed by atoms with E-state index in [1.807, 2.05) is 30.3 Å². The van der Waals surface area contributed by atoms with Crippen molar-refractivity contribution in [3.63, 3.8) is 0 Å². The van der Waals surface area contributed by atoms with Gasteiger partial charge < -0.3 is 11.1 Å². The van der Waals surface area contributed by atoms with E-state index in [1.54, 1.807) is 11.8 Å². The largest absolute Gasteiger partial charge is 0.368 e. The number of amides is 2. The molecule has 0 aliphatic heterocycles. The summed E-state index contributed by atoms with van der Waals surface area (Å²) in [6.45, 7) is -0.0885. The molecule has 1 aromatic rings. The Morgan fingerprint density at radius 3 is 2.56 bits per heavy atom. The predicted octanol–water partition coefficient (Wildman–Crippen LogP) is 0.770. The normalized spacial score (nSPS) is 9.75. The summed E-state index contributed by atoms with van der Waals surface area (Å²) in [6.07, 6.45) is 0.382. The van der Waals surface area contributed by atoms with Crippen LogP contribution in [0.5, 0.6) is 0 Å². The lowest BCUT2D eigenvalue weighted by Gasteiger charge is -2.02. The Balaban J connectivity index is 2.16. The third-order valence-electron chi connectivity index (χ3n) is 1.80. The number of benzene rings is 1. The van der Waals surface area contributed by atoms with E-state index < -0.39 is 5.91 Å². The molecule has 0 aliphatic rings. The van der Waals surface area contributed by atoms with Crippen LogP contribution in [0.25, 0.3) is 0 Å². The summed E-state index contributed by atoms with van der Waals surface area (Å²) in [5.74, 6) is 0.0144. The fourth-order valence-corrected chi connectivity index (χ4v) is 1.93. The lowest BCUT2D eigenvalue weighted by molar-refractivity contribution is -0.124. The molecule has 0 atom stereocenters. The minimum Gasteiger partial charge on any atom is -0.368 e. The maximum absolute atomic E-state index is 11.2. The molecule has 16 heavy (non-hydrogen) atoms. The van der Waals surface area contributed by atoms with Crippen LogP contribution < -0.4 is 11.1 Å². The van der Waals surface area contributed by atoms with E-state index in [-0.39, 0.29) is 12.5 Å². The van der Waals surface area contributed by atoms with E-state index in [1.165, 1.54) is 0 Å². The van der Waals surface area contributed by atoms with E-state index in [9.17, 15) is 9.59 Å². The van der Waals surface area contributed by atoms with Crippen molar-refractivity contribution in [1.29, 1.82) is 0 Å². The molecule has 86 valence electrons. The minimum absolute atomic E-state index is 0.0885. The lowest BCUT2D eigenvalue weighted by Crippen LogP contribution is -2.33. The van der Waals surface area contributed by atoms with Gasteiger partial charge in [-0.15, -0.1) is 11.8 Å². The molecule has 5 heteroatoms. The van der Waals surface area contributed by atoms with Crippen LogP contribution in [-0.2, 0) is 9.59 Å². The molecule has 1 aromatic carbocycles. The molecular formula is C11H14N2O2S. The van der Waals surface area contributed by atoms with Crippen LogP contribution in [0.4, 0.5) is 0 Å². The van der Waals surface area contributed by atoms with Crippen LogP contribution in [0.2, 0.25) is 0 Å². The van der Waals surface area contributed by atoms with Crippen LogP contribution in [0.1, 0.15) is 6.42 Å². The third kappa shape index (κ3) is 5.41. The number of nitrogens with one attached hydrogen (secondary N) is 1. The monoisotopic (exact) mass is 238 g/mol. The fourth-order valence-electron chi connectivity index (χ4n) is 1.05. The third-order valence-corrected chi connectivity index (χ3v) is 2.81. The Morgan fingerprint density at radius 1 is 1.25 bits per heavy atom. The Bertz CT molecular complexity index is 354. The van der Waals surface area contributed by atoms with Gasteiger partial charge in [-0.2, -0.15) is 0 Å². The molecule has 0 aromatic heterocycles. The SMILES string of the molecule is NC(=O)CNC(=O)CCSc1ccccc1. The maximum atomic E-state index is 11.2. The summed E-state index contributed by atoms with van der Waals surface area (Å²) in [4.78, 5) is 22.7. The highest BCUT2D eigenvalue weighted by Gasteiger charge is 2.02. The molecule has 4 nitrogen and oxygen atoms in total. The van der Waals surface area contributed by atoms with Crippen molar-refractivity contribution in [2.24, 2.45) is 5.73 Å². The molecule has 0 unspecified atom stereocenters. The summed E-state index contributed by atoms with van der Waals surface area (Å²) in [5, 5.41) is 2.44. The highest BCUT2D eigenvalue weighted by molar-refractivity contribution is 7.99. The van der Waals surface area contributed by atoms with Crippen molar-refractivity contribution in [3.8, 4) is 0 Å². The van der Waals surface area contributed by atoms with Gasteiger partial charge in [0.1, 0.15) is 0 Å². The van der Waals surface area contributed by atoms with E-state index in [2.05, 4.69) is 5.32 Å². The smallest absolute Gasteiger partial charge is 0.236 e. The topological polar surface area (TPSA) is 72.2 Å². The van der Waals surface area contributed by atoms with Crippen LogP contribution in [0.15, 0.2) is 35.2 Å². The number of hydrogen-bond donors (Lipinski definition) is 2. The molecule has 0 spiro atoms. The molecule has 0 saturated heterocycles. The second-order valence-corrected chi connectivity index (χ2v) is 4.32. The van der Waals surface area contributed by atoms with Gasteiger partial charge in [0.25, 0.3) is 0 Å². The first-order valence-electron chi connectivity index (χ1n) is 4.91. The van der Waals surface area contributed by atoms with E-state index in [0.29, 0.717) is 12.2 Å². The molecular weight excluding hydrogens is 224 g/mol. The zero-order valence-electron chi connectivity index (χ0n) is 8.81. The summed E-state index contributed by atoms with van der Waals surface area (Å²) >= 11 is 1.61. The van der Waals surface area contributed by atoms with Gasteiger partial charge in [0.15, 0.2) is 0 Å². The number of primary amides is 1. The molecule has 0 radical (unpaired) electrons. The Morgan fingerprint density at radius 2 is 1.94 bits per heavy atom. The molecule has 0 bridgehead atoms. The van der Waals surface area contributed by atoms with Gasteiger partial charge in [0.05, 0.1) is 6.54 Å². The summed E-state index contributed by atoms with van der Waals surface area (Å²) in [5.41, 5.74) is 4.90. The van der Waals surface area contributed by atoms with E-state index >= 15 is 0 Å². The van der Waals surface area contributed by atoms with Gasteiger partial charge >= 0.3 is 0 Å². The first-order valence-corrected chi connectivity index (χ1v) is 5.90. The van der Waals surface area contributed by atoms with Crippen molar-refractivity contribution in [2.75, 3.05) is 12.3 Å². The summed E-state index contributed by atoms with van der Waals surface area (Å²) in [6, 6.07) is 9.84. The predicted molar refractivity (Wildman–Crippen MR) is 64.0 cm³/mol. The van der Waals surface area contributed by atoms with Crippen molar-refractivity contribution >= 4 is 23.6 Å². The van der Waals surface area contributed by atoms with Gasteiger partial charge in [0.2, 0.25) is 11.8 Å². The van der Waals surface area contributed by atoms with Crippen molar-refractivity contribution in [2.45, 2.75) is 11.3 Å². The Kier molecular flexibility index (Phi) is 5.42. The van der Waals surface area contributed by atoms with Gasteiger partial charge in [-0.1, -0.05) is 18.2 Å². The molecule has 0 saturated carbocycles. The molecule has 3 N–H and O–H groups in total. The van der Waals surface area contributed by atoms with Crippen LogP contribution in [0, 0.1) is 0 Å². The second-order valence-electron chi connectivity index (χ2n) is 3.15. The maximum Gasteiger partial charge on any atom is 0.236 e. The van der Waals surface area contributed by atoms with Gasteiger partial charge in [-0.05, 0) is 12.1 Å². The Labute approximate surface area is 98.6 Å². The highest BCUT2D eigenvalue weighted by Crippen LogP contribution is 2.17. The Hall–Kier alpha value is -1.49. The van der Waals surface area contributed by atoms with Crippen LogP contribution >= 0.6 is 11.8 Å². The average molecular weight is 238 g/mol. The van der Waals surface area contributed by atoms with Crippen molar-refractivity contribution < 1.29 is 9.59 Å².